The van der Waals surface area contributed by atoms with E-state index >= 15 is 0 Å². The van der Waals surface area contributed by atoms with Crippen molar-refractivity contribution in [2.75, 3.05) is 26.4 Å². The first kappa shape index (κ1) is 32.0. The Hall–Kier alpha value is -0.950. The van der Waals surface area contributed by atoms with Crippen LogP contribution in [0.2, 0.25) is 0 Å². The molecular weight excluding hydrogens is 420 g/mol. The number of carbonyl (C=O) groups is 1. The summed E-state index contributed by atoms with van der Waals surface area (Å²) >= 11 is 0. The van der Waals surface area contributed by atoms with Gasteiger partial charge in [0.25, 0.3) is 0 Å². The van der Waals surface area contributed by atoms with Gasteiger partial charge in [-0.15, -0.1) is 0 Å². The van der Waals surface area contributed by atoms with Gasteiger partial charge in [0.2, 0.25) is 0 Å². The Kier molecular flexibility index (Phi) is 19.8. The normalized spacial score (nSPS) is 16.0. The van der Waals surface area contributed by atoms with E-state index in [1.165, 1.54) is 50.5 Å². The Morgan fingerprint density at radius 3 is 1.94 bits per heavy atom. The van der Waals surface area contributed by atoms with Crippen LogP contribution in [0.25, 0.3) is 0 Å². The van der Waals surface area contributed by atoms with Gasteiger partial charge in [-0.1, -0.05) is 84.3 Å². The number of rotatable bonds is 21. The van der Waals surface area contributed by atoms with Crippen LogP contribution < -0.4 is 0 Å². The SMILES string of the molecule is C/C(=C\CC(=O)OCC(O)COCC(O)CO)CCCC(C)CCCC(C)CCCC(C)C. The fourth-order valence-electron chi connectivity index (χ4n) is 3.76. The van der Waals surface area contributed by atoms with Gasteiger partial charge >= 0.3 is 5.97 Å². The molecule has 196 valence electrons. The first-order valence-electron chi connectivity index (χ1n) is 13.0. The lowest BCUT2D eigenvalue weighted by Crippen LogP contribution is -2.27. The zero-order chi connectivity index (χ0) is 25.1. The van der Waals surface area contributed by atoms with Gasteiger partial charge in [0.05, 0.1) is 26.2 Å². The summed E-state index contributed by atoms with van der Waals surface area (Å²) in [5, 5.41) is 27.6. The zero-order valence-corrected chi connectivity index (χ0v) is 21.9. The highest BCUT2D eigenvalue weighted by Crippen LogP contribution is 2.22. The molecule has 4 unspecified atom stereocenters. The first-order chi connectivity index (χ1) is 15.6. The van der Waals surface area contributed by atoms with Gasteiger partial charge in [0.1, 0.15) is 18.8 Å². The van der Waals surface area contributed by atoms with Crippen molar-refractivity contribution < 1.29 is 29.6 Å². The van der Waals surface area contributed by atoms with Crippen LogP contribution in [0, 0.1) is 17.8 Å². The maximum atomic E-state index is 11.8. The van der Waals surface area contributed by atoms with E-state index in [1.54, 1.807) is 0 Å². The van der Waals surface area contributed by atoms with E-state index in [4.69, 9.17) is 19.7 Å². The monoisotopic (exact) mass is 472 g/mol. The molecular formula is C27H52O6. The number of esters is 1. The molecule has 33 heavy (non-hydrogen) atoms. The van der Waals surface area contributed by atoms with E-state index in [-0.39, 0.29) is 32.2 Å². The van der Waals surface area contributed by atoms with E-state index in [0.717, 1.165) is 30.6 Å². The van der Waals surface area contributed by atoms with Crippen molar-refractivity contribution in [3.63, 3.8) is 0 Å². The average molecular weight is 473 g/mol. The van der Waals surface area contributed by atoms with E-state index in [1.807, 2.05) is 13.0 Å². The molecule has 0 rings (SSSR count). The molecule has 0 aliphatic heterocycles. The molecule has 0 aliphatic rings. The standard InChI is InChI=1S/C27H52O6/c1-21(2)9-6-10-22(3)11-7-12-23(4)13-8-14-24(5)15-16-27(31)33-20-26(30)19-32-18-25(29)17-28/h15,21-23,25-26,28-30H,6-14,16-20H2,1-5H3/b24-15+. The van der Waals surface area contributed by atoms with Crippen molar-refractivity contribution >= 4 is 5.97 Å². The lowest BCUT2D eigenvalue weighted by Gasteiger charge is -2.15. The third-order valence-corrected chi connectivity index (χ3v) is 6.03. The number of aliphatic hydroxyl groups excluding tert-OH is 3. The van der Waals surface area contributed by atoms with E-state index in [9.17, 15) is 9.90 Å². The predicted octanol–water partition coefficient (Wildman–Crippen LogP) is 5.04. The van der Waals surface area contributed by atoms with Gasteiger partial charge < -0.3 is 24.8 Å². The summed E-state index contributed by atoms with van der Waals surface area (Å²) in [6.45, 7) is 10.7. The van der Waals surface area contributed by atoms with Crippen molar-refractivity contribution in [3.05, 3.63) is 11.6 Å². The zero-order valence-electron chi connectivity index (χ0n) is 21.9. The van der Waals surface area contributed by atoms with Gasteiger partial charge in [-0.05, 0) is 37.5 Å². The van der Waals surface area contributed by atoms with E-state index in [0.29, 0.717) is 0 Å². The van der Waals surface area contributed by atoms with Gasteiger partial charge in [-0.25, -0.2) is 0 Å². The number of ether oxygens (including phenoxy) is 2. The maximum Gasteiger partial charge on any atom is 0.309 e. The van der Waals surface area contributed by atoms with Gasteiger partial charge in [-0.2, -0.15) is 0 Å². The molecule has 0 saturated carbocycles. The third kappa shape index (κ3) is 21.3. The van der Waals surface area contributed by atoms with Crippen LogP contribution in [-0.4, -0.2) is 59.9 Å². The maximum absolute atomic E-state index is 11.8. The minimum Gasteiger partial charge on any atom is -0.463 e. The minimum atomic E-state index is -0.969. The molecule has 0 amide bonds. The van der Waals surface area contributed by atoms with Crippen LogP contribution >= 0.6 is 0 Å². The number of hydrogen-bond acceptors (Lipinski definition) is 6. The second-order valence-corrected chi connectivity index (χ2v) is 10.3. The summed E-state index contributed by atoms with van der Waals surface area (Å²) in [4.78, 5) is 11.8. The second kappa shape index (κ2) is 20.4. The lowest BCUT2D eigenvalue weighted by molar-refractivity contribution is -0.147. The topological polar surface area (TPSA) is 96.2 Å². The molecule has 3 N–H and O–H groups in total. The van der Waals surface area contributed by atoms with Crippen LogP contribution in [0.5, 0.6) is 0 Å². The number of allylic oxidation sites excluding steroid dienone is 1. The molecule has 0 saturated heterocycles. The first-order valence-corrected chi connectivity index (χ1v) is 13.0. The number of aliphatic hydroxyl groups is 3. The molecule has 6 nitrogen and oxygen atoms in total. The summed E-state index contributed by atoms with van der Waals surface area (Å²) in [5.41, 5.74) is 1.19. The Bertz CT molecular complexity index is 505. The van der Waals surface area contributed by atoms with Crippen molar-refractivity contribution in [2.45, 2.75) is 111 Å². The molecule has 6 heteroatoms. The summed E-state index contributed by atoms with van der Waals surface area (Å²) in [6.07, 6.45) is 11.6. The largest absolute Gasteiger partial charge is 0.463 e. The predicted molar refractivity (Wildman–Crippen MR) is 134 cm³/mol. The van der Waals surface area contributed by atoms with Crippen LogP contribution in [0.1, 0.15) is 98.8 Å². The van der Waals surface area contributed by atoms with Crippen LogP contribution in [0.4, 0.5) is 0 Å². The Morgan fingerprint density at radius 1 is 0.818 bits per heavy atom. The summed E-state index contributed by atoms with van der Waals surface area (Å²) < 4.78 is 10.1. The molecule has 0 aromatic carbocycles. The Labute approximate surface area is 202 Å². The Morgan fingerprint density at radius 2 is 1.36 bits per heavy atom. The highest BCUT2D eigenvalue weighted by Gasteiger charge is 2.11. The molecule has 0 spiro atoms. The third-order valence-electron chi connectivity index (χ3n) is 6.03. The Balaban J connectivity index is 3.81. The number of carbonyl (C=O) groups excluding carboxylic acids is 1. The highest BCUT2D eigenvalue weighted by atomic mass is 16.5. The quantitative estimate of drug-likeness (QED) is 0.160. The van der Waals surface area contributed by atoms with Crippen molar-refractivity contribution in [2.24, 2.45) is 17.8 Å². The second-order valence-electron chi connectivity index (χ2n) is 10.3. The van der Waals surface area contributed by atoms with Crippen molar-refractivity contribution in [1.82, 2.24) is 0 Å². The molecule has 0 aromatic heterocycles. The number of hydrogen-bond donors (Lipinski definition) is 3. The average Bonchev–Trinajstić information content (AvgIpc) is 2.75. The van der Waals surface area contributed by atoms with Crippen LogP contribution in [0.15, 0.2) is 11.6 Å². The minimum absolute atomic E-state index is 0.0611. The summed E-state index contributed by atoms with van der Waals surface area (Å²) in [6, 6.07) is 0. The van der Waals surface area contributed by atoms with Crippen LogP contribution in [0.3, 0.4) is 0 Å². The fourth-order valence-corrected chi connectivity index (χ4v) is 3.76. The lowest BCUT2D eigenvalue weighted by atomic mass is 9.91. The molecule has 0 aromatic rings. The molecule has 0 bridgehead atoms. The summed E-state index contributed by atoms with van der Waals surface area (Å²) in [7, 11) is 0. The molecule has 0 fully saturated rings. The van der Waals surface area contributed by atoms with E-state index in [2.05, 4.69) is 27.7 Å². The van der Waals surface area contributed by atoms with Gasteiger partial charge in [0.15, 0.2) is 0 Å². The van der Waals surface area contributed by atoms with Gasteiger partial charge in [-0.3, -0.25) is 4.79 Å². The van der Waals surface area contributed by atoms with E-state index < -0.39 is 18.8 Å². The molecule has 0 heterocycles. The highest BCUT2D eigenvalue weighted by molar-refractivity contribution is 5.71. The fraction of sp³-hybridized carbons (Fsp3) is 0.889. The molecule has 0 aliphatic carbocycles. The smallest absolute Gasteiger partial charge is 0.309 e. The van der Waals surface area contributed by atoms with Crippen molar-refractivity contribution in [1.29, 1.82) is 0 Å². The van der Waals surface area contributed by atoms with Gasteiger partial charge in [0, 0.05) is 0 Å². The molecule has 0 radical (unpaired) electrons. The van der Waals surface area contributed by atoms with Crippen molar-refractivity contribution in [3.8, 4) is 0 Å². The molecule has 4 atom stereocenters. The van der Waals surface area contributed by atoms with Crippen LogP contribution in [-0.2, 0) is 14.3 Å². The summed E-state index contributed by atoms with van der Waals surface area (Å²) in [5.74, 6) is 2.03.